The second-order valence-electron chi connectivity index (χ2n) is 7.38. The van der Waals surface area contributed by atoms with Crippen LogP contribution < -0.4 is 5.32 Å². The number of carbonyl (C=O) groups is 1. The van der Waals surface area contributed by atoms with Crippen molar-refractivity contribution in [3.63, 3.8) is 0 Å². The number of benzene rings is 2. The molecule has 5 nitrogen and oxygen atoms in total. The lowest BCUT2D eigenvalue weighted by Gasteiger charge is -2.14. The van der Waals surface area contributed by atoms with E-state index >= 15 is 0 Å². The minimum absolute atomic E-state index is 0.0643. The quantitative estimate of drug-likeness (QED) is 0.745. The molecule has 0 saturated heterocycles. The molecule has 2 aliphatic heterocycles. The van der Waals surface area contributed by atoms with Crippen LogP contribution in [0.2, 0.25) is 0 Å². The van der Waals surface area contributed by atoms with Gasteiger partial charge in [-0.15, -0.1) is 0 Å². The van der Waals surface area contributed by atoms with Gasteiger partial charge in [-0.3, -0.25) is 14.8 Å². The highest BCUT2D eigenvalue weighted by Gasteiger charge is 2.26. The molecule has 0 saturated carbocycles. The van der Waals surface area contributed by atoms with Crippen LogP contribution in [0.15, 0.2) is 77.0 Å². The number of nitrogens with zero attached hydrogens (tertiary/aromatic N) is 3. The molecule has 0 radical (unpaired) electrons. The Bertz CT molecular complexity index is 1150. The van der Waals surface area contributed by atoms with E-state index in [1.165, 1.54) is 5.56 Å². The van der Waals surface area contributed by atoms with Gasteiger partial charge in [-0.25, -0.2) is 4.99 Å². The smallest absolute Gasteiger partial charge is 0.266 e. The van der Waals surface area contributed by atoms with Crippen molar-refractivity contribution in [2.45, 2.75) is 25.9 Å². The Hall–Kier alpha value is -3.60. The van der Waals surface area contributed by atoms with Crippen LogP contribution in [0.3, 0.4) is 0 Å². The highest BCUT2D eigenvalue weighted by atomic mass is 16.2. The second-order valence-corrected chi connectivity index (χ2v) is 7.38. The van der Waals surface area contributed by atoms with Crippen LogP contribution in [-0.2, 0) is 17.8 Å². The molecule has 0 spiro atoms. The van der Waals surface area contributed by atoms with Gasteiger partial charge in [-0.1, -0.05) is 36.4 Å². The topological polar surface area (TPSA) is 66.7 Å². The predicted octanol–water partition coefficient (Wildman–Crippen LogP) is 3.94. The van der Waals surface area contributed by atoms with Gasteiger partial charge in [-0.2, -0.15) is 0 Å². The Morgan fingerprint density at radius 1 is 1.03 bits per heavy atom. The van der Waals surface area contributed by atoms with Gasteiger partial charge in [0, 0.05) is 29.9 Å². The Balaban J connectivity index is 1.38. The lowest BCUT2D eigenvalue weighted by atomic mass is 9.97. The Labute approximate surface area is 169 Å². The zero-order valence-corrected chi connectivity index (χ0v) is 16.1. The molecule has 1 amide bonds. The molecule has 0 fully saturated rings. The van der Waals surface area contributed by atoms with Gasteiger partial charge >= 0.3 is 0 Å². The fourth-order valence-electron chi connectivity index (χ4n) is 3.89. The molecule has 142 valence electrons. The number of pyridine rings is 1. The lowest BCUT2D eigenvalue weighted by Crippen LogP contribution is -2.33. The number of amides is 1. The predicted molar refractivity (Wildman–Crippen MR) is 114 cm³/mol. The van der Waals surface area contributed by atoms with E-state index < -0.39 is 0 Å². The first kappa shape index (κ1) is 17.5. The van der Waals surface area contributed by atoms with Crippen LogP contribution in [0, 0.1) is 0 Å². The van der Waals surface area contributed by atoms with E-state index in [1.807, 2.05) is 49.4 Å². The van der Waals surface area contributed by atoms with Gasteiger partial charge in [0.15, 0.2) is 0 Å². The van der Waals surface area contributed by atoms with E-state index in [0.29, 0.717) is 18.7 Å². The molecule has 29 heavy (non-hydrogen) atoms. The Morgan fingerprint density at radius 2 is 1.83 bits per heavy atom. The molecule has 1 atom stereocenters. The van der Waals surface area contributed by atoms with E-state index in [9.17, 15) is 4.79 Å². The fourth-order valence-corrected chi connectivity index (χ4v) is 3.89. The molecule has 1 unspecified atom stereocenters. The zero-order chi connectivity index (χ0) is 19.8. The number of aliphatic imine (C=N–C) groups is 2. The molecule has 2 aromatic carbocycles. The molecule has 2 aliphatic rings. The van der Waals surface area contributed by atoms with Crippen molar-refractivity contribution in [3.8, 4) is 0 Å². The Kier molecular flexibility index (Phi) is 4.28. The second kappa shape index (κ2) is 7.09. The van der Waals surface area contributed by atoms with E-state index in [-0.39, 0.29) is 11.9 Å². The van der Waals surface area contributed by atoms with E-state index in [1.54, 1.807) is 12.4 Å². The van der Waals surface area contributed by atoms with Crippen LogP contribution in [0.1, 0.15) is 40.8 Å². The molecule has 3 aromatic rings. The molecule has 1 N–H and O–H groups in total. The summed E-state index contributed by atoms with van der Waals surface area (Å²) >= 11 is 0. The average Bonchev–Trinajstić information content (AvgIpc) is 3.36. The standard InChI is InChI=1S/C24H20N4O/c1-15(16-5-3-2-4-6-16)27-24(29)22-12-18-11-19-14-26-23(17-7-9-25-10-8-17)20(19)13-21(18)28-22/h2-11,13,15H,12,14H2,1H3,(H,27,29). The summed E-state index contributed by atoms with van der Waals surface area (Å²) in [6, 6.07) is 18.0. The summed E-state index contributed by atoms with van der Waals surface area (Å²) in [6.07, 6.45) is 4.11. The molecule has 5 heteroatoms. The van der Waals surface area contributed by atoms with Crippen molar-refractivity contribution in [2.75, 3.05) is 0 Å². The third-order valence-corrected chi connectivity index (χ3v) is 5.44. The van der Waals surface area contributed by atoms with Crippen LogP contribution in [0.25, 0.3) is 0 Å². The molecular formula is C24H20N4O. The third kappa shape index (κ3) is 3.25. The van der Waals surface area contributed by atoms with Gasteiger partial charge in [0.1, 0.15) is 5.71 Å². The summed E-state index contributed by atoms with van der Waals surface area (Å²) in [7, 11) is 0. The van der Waals surface area contributed by atoms with Crippen molar-refractivity contribution in [1.82, 2.24) is 10.3 Å². The summed E-state index contributed by atoms with van der Waals surface area (Å²) in [5.41, 5.74) is 7.90. The maximum absolute atomic E-state index is 12.8. The van der Waals surface area contributed by atoms with Crippen molar-refractivity contribution < 1.29 is 4.79 Å². The van der Waals surface area contributed by atoms with Gasteiger partial charge in [-0.05, 0) is 41.8 Å². The fraction of sp³-hybridized carbons (Fsp3) is 0.167. The summed E-state index contributed by atoms with van der Waals surface area (Å²) in [4.78, 5) is 26.2. The van der Waals surface area contributed by atoms with Crippen molar-refractivity contribution in [3.05, 3.63) is 94.8 Å². The van der Waals surface area contributed by atoms with E-state index in [4.69, 9.17) is 4.99 Å². The minimum atomic E-state index is -0.110. The first-order chi connectivity index (χ1) is 14.2. The van der Waals surface area contributed by atoms with Crippen molar-refractivity contribution in [1.29, 1.82) is 0 Å². The maximum Gasteiger partial charge on any atom is 0.266 e. The first-order valence-electron chi connectivity index (χ1n) is 9.73. The van der Waals surface area contributed by atoms with Gasteiger partial charge in [0.2, 0.25) is 0 Å². The number of carbonyl (C=O) groups excluding carboxylic acids is 1. The zero-order valence-electron chi connectivity index (χ0n) is 16.1. The normalized spacial score (nSPS) is 15.2. The number of aromatic nitrogens is 1. The minimum Gasteiger partial charge on any atom is -0.344 e. The van der Waals surface area contributed by atoms with Crippen LogP contribution >= 0.6 is 0 Å². The molecule has 5 rings (SSSR count). The number of nitrogens with one attached hydrogen (secondary N) is 1. The first-order valence-corrected chi connectivity index (χ1v) is 9.73. The van der Waals surface area contributed by atoms with Crippen molar-refractivity contribution >= 4 is 23.0 Å². The summed E-state index contributed by atoms with van der Waals surface area (Å²) in [5, 5.41) is 3.06. The van der Waals surface area contributed by atoms with Gasteiger partial charge in [0.05, 0.1) is 24.0 Å². The maximum atomic E-state index is 12.8. The molecule has 3 heterocycles. The largest absolute Gasteiger partial charge is 0.344 e. The van der Waals surface area contributed by atoms with E-state index in [0.717, 1.165) is 33.7 Å². The average molecular weight is 380 g/mol. The van der Waals surface area contributed by atoms with Gasteiger partial charge in [0.25, 0.3) is 5.91 Å². The SMILES string of the molecule is CC(NC(=O)C1=Nc2cc3c(cc2C1)CN=C3c1ccncc1)c1ccccc1. The summed E-state index contributed by atoms with van der Waals surface area (Å²) < 4.78 is 0. The highest BCUT2D eigenvalue weighted by Crippen LogP contribution is 2.34. The molecular weight excluding hydrogens is 360 g/mol. The molecule has 0 aliphatic carbocycles. The number of rotatable bonds is 4. The summed E-state index contributed by atoms with van der Waals surface area (Å²) in [5.74, 6) is -0.110. The number of hydrogen-bond donors (Lipinski definition) is 1. The van der Waals surface area contributed by atoms with Crippen LogP contribution in [0.5, 0.6) is 0 Å². The van der Waals surface area contributed by atoms with E-state index in [2.05, 4.69) is 27.4 Å². The van der Waals surface area contributed by atoms with Gasteiger partial charge < -0.3 is 5.32 Å². The lowest BCUT2D eigenvalue weighted by molar-refractivity contribution is -0.115. The molecule has 1 aromatic heterocycles. The van der Waals surface area contributed by atoms with Crippen molar-refractivity contribution in [2.24, 2.45) is 9.98 Å². The monoisotopic (exact) mass is 380 g/mol. The summed E-state index contributed by atoms with van der Waals surface area (Å²) in [6.45, 7) is 2.65. The van der Waals surface area contributed by atoms with Crippen LogP contribution in [0.4, 0.5) is 5.69 Å². The number of fused-ring (bicyclic) bond motifs is 2. The Morgan fingerprint density at radius 3 is 2.62 bits per heavy atom. The van der Waals surface area contributed by atoms with Crippen LogP contribution in [-0.4, -0.2) is 22.3 Å². The molecule has 0 bridgehead atoms. The highest BCUT2D eigenvalue weighted by molar-refractivity contribution is 6.41. The number of hydrogen-bond acceptors (Lipinski definition) is 4. The third-order valence-electron chi connectivity index (χ3n) is 5.44.